The van der Waals surface area contributed by atoms with Gasteiger partial charge >= 0.3 is 0 Å². The van der Waals surface area contributed by atoms with Gasteiger partial charge in [-0.1, -0.05) is 18.1 Å². The SMILES string of the molecule is CO/N=C1/CC[C@H]2[C@@H]3CCc4cc(O[Si](C)(C)C)ccc4[C@H]3[C@@H](O[Si](C)(C)C)C[C@]12C. The van der Waals surface area contributed by atoms with Crippen LogP contribution < -0.4 is 4.43 Å². The predicted octanol–water partition coefficient (Wildman–Crippen LogP) is 6.59. The molecule has 1 aromatic carbocycles. The average Bonchev–Trinajstić information content (AvgIpc) is 2.95. The fourth-order valence-corrected chi connectivity index (χ4v) is 8.61. The first-order valence-corrected chi connectivity index (χ1v) is 18.8. The Morgan fingerprint density at radius 2 is 1.74 bits per heavy atom. The molecule has 0 unspecified atom stereocenters. The Morgan fingerprint density at radius 3 is 2.39 bits per heavy atom. The highest BCUT2D eigenvalue weighted by Gasteiger charge is 2.58. The third kappa shape index (κ3) is 4.53. The summed E-state index contributed by atoms with van der Waals surface area (Å²) in [7, 11) is -1.62. The van der Waals surface area contributed by atoms with Gasteiger partial charge in [-0.15, -0.1) is 0 Å². The second-order valence-corrected chi connectivity index (χ2v) is 20.9. The molecule has 172 valence electrons. The van der Waals surface area contributed by atoms with Crippen LogP contribution in [0.25, 0.3) is 0 Å². The van der Waals surface area contributed by atoms with Gasteiger partial charge in [-0.2, -0.15) is 0 Å². The molecule has 0 heterocycles. The van der Waals surface area contributed by atoms with Crippen LogP contribution in [0, 0.1) is 17.3 Å². The van der Waals surface area contributed by atoms with E-state index in [4.69, 9.17) is 13.7 Å². The Bertz CT molecular complexity index is 857. The molecule has 0 N–H and O–H groups in total. The number of oxime groups is 1. The lowest BCUT2D eigenvalue weighted by atomic mass is 9.54. The molecule has 4 nitrogen and oxygen atoms in total. The van der Waals surface area contributed by atoms with Gasteiger partial charge in [0.15, 0.2) is 8.32 Å². The predicted molar refractivity (Wildman–Crippen MR) is 133 cm³/mol. The van der Waals surface area contributed by atoms with Crippen molar-refractivity contribution in [3.05, 3.63) is 29.3 Å². The van der Waals surface area contributed by atoms with Gasteiger partial charge < -0.3 is 13.7 Å². The molecule has 0 saturated heterocycles. The largest absolute Gasteiger partial charge is 0.544 e. The van der Waals surface area contributed by atoms with Gasteiger partial charge in [0, 0.05) is 11.3 Å². The van der Waals surface area contributed by atoms with Gasteiger partial charge in [0.25, 0.3) is 0 Å². The number of aryl methyl sites for hydroxylation is 1. The van der Waals surface area contributed by atoms with Crippen LogP contribution in [0.3, 0.4) is 0 Å². The minimum Gasteiger partial charge on any atom is -0.544 e. The van der Waals surface area contributed by atoms with Crippen molar-refractivity contribution in [2.45, 2.75) is 90.3 Å². The molecular formula is C25H41NO3Si2. The molecule has 3 aliphatic rings. The fraction of sp³-hybridized carbons (Fsp3) is 0.720. The monoisotopic (exact) mass is 459 g/mol. The van der Waals surface area contributed by atoms with Crippen LogP contribution in [-0.2, 0) is 15.7 Å². The zero-order valence-electron chi connectivity index (χ0n) is 20.7. The first kappa shape index (κ1) is 23.1. The van der Waals surface area contributed by atoms with E-state index in [-0.39, 0.29) is 11.5 Å². The van der Waals surface area contributed by atoms with Gasteiger partial charge in [0.05, 0.1) is 11.8 Å². The van der Waals surface area contributed by atoms with Gasteiger partial charge in [0.1, 0.15) is 12.9 Å². The molecule has 31 heavy (non-hydrogen) atoms. The van der Waals surface area contributed by atoms with Crippen LogP contribution in [-0.4, -0.2) is 35.6 Å². The minimum absolute atomic E-state index is 0.0971. The van der Waals surface area contributed by atoms with Crippen molar-refractivity contribution in [3.63, 3.8) is 0 Å². The minimum atomic E-state index is -1.69. The first-order chi connectivity index (χ1) is 14.4. The molecule has 4 rings (SSSR count). The molecule has 0 aliphatic heterocycles. The number of hydrogen-bond donors (Lipinski definition) is 0. The van der Waals surface area contributed by atoms with E-state index in [9.17, 15) is 0 Å². The Balaban J connectivity index is 1.73. The van der Waals surface area contributed by atoms with E-state index in [1.54, 1.807) is 7.11 Å². The molecule has 6 heteroatoms. The summed E-state index contributed by atoms with van der Waals surface area (Å²) in [6, 6.07) is 6.91. The summed E-state index contributed by atoms with van der Waals surface area (Å²) in [5.41, 5.74) is 4.35. The van der Waals surface area contributed by atoms with Gasteiger partial charge in [-0.25, -0.2) is 0 Å². The summed E-state index contributed by atoms with van der Waals surface area (Å²) in [4.78, 5) is 5.27. The van der Waals surface area contributed by atoms with Crippen molar-refractivity contribution in [1.29, 1.82) is 0 Å². The number of rotatable bonds is 5. The molecule has 1 aromatic rings. The van der Waals surface area contributed by atoms with Crippen molar-refractivity contribution in [1.82, 2.24) is 0 Å². The number of benzene rings is 1. The lowest BCUT2D eigenvalue weighted by Crippen LogP contribution is -2.52. The second kappa shape index (κ2) is 8.03. The van der Waals surface area contributed by atoms with Crippen LogP contribution in [0.4, 0.5) is 0 Å². The van der Waals surface area contributed by atoms with E-state index in [0.717, 1.165) is 25.0 Å². The number of fused-ring (bicyclic) bond motifs is 5. The maximum absolute atomic E-state index is 6.93. The lowest BCUT2D eigenvalue weighted by Gasteiger charge is -2.53. The van der Waals surface area contributed by atoms with Crippen molar-refractivity contribution >= 4 is 22.3 Å². The van der Waals surface area contributed by atoms with Crippen LogP contribution >= 0.6 is 0 Å². The van der Waals surface area contributed by atoms with Gasteiger partial charge in [-0.05, 0) is 106 Å². The van der Waals surface area contributed by atoms with E-state index in [1.807, 2.05) is 0 Å². The normalized spacial score (nSPS) is 34.1. The van der Waals surface area contributed by atoms with Crippen LogP contribution in [0.2, 0.25) is 39.3 Å². The molecule has 3 aliphatic carbocycles. The summed E-state index contributed by atoms with van der Waals surface area (Å²) in [5, 5.41) is 4.50. The molecule has 5 atom stereocenters. The molecule has 0 spiro atoms. The molecule has 0 bridgehead atoms. The Morgan fingerprint density at radius 1 is 1.00 bits per heavy atom. The molecule has 2 fully saturated rings. The van der Waals surface area contributed by atoms with Crippen LogP contribution in [0.1, 0.15) is 49.7 Å². The molecular weight excluding hydrogens is 418 g/mol. The Kier molecular flexibility index (Phi) is 5.97. The summed E-state index contributed by atoms with van der Waals surface area (Å²) < 4.78 is 13.3. The highest BCUT2D eigenvalue weighted by atomic mass is 28.4. The van der Waals surface area contributed by atoms with Crippen LogP contribution in [0.5, 0.6) is 5.75 Å². The van der Waals surface area contributed by atoms with E-state index >= 15 is 0 Å². The Labute approximate surface area is 191 Å². The van der Waals surface area contributed by atoms with Crippen molar-refractivity contribution in [3.8, 4) is 5.75 Å². The average molecular weight is 460 g/mol. The van der Waals surface area contributed by atoms with Crippen LogP contribution in [0.15, 0.2) is 23.4 Å². The second-order valence-electron chi connectivity index (χ2n) is 12.1. The van der Waals surface area contributed by atoms with E-state index < -0.39 is 16.6 Å². The molecule has 0 aromatic heterocycles. The van der Waals surface area contributed by atoms with Crippen molar-refractivity contribution in [2.24, 2.45) is 22.4 Å². The third-order valence-electron chi connectivity index (χ3n) is 7.52. The Hall–Kier alpha value is -1.12. The summed E-state index contributed by atoms with van der Waals surface area (Å²) >= 11 is 0. The molecule has 0 amide bonds. The first-order valence-electron chi connectivity index (χ1n) is 12.0. The smallest absolute Gasteiger partial charge is 0.242 e. The third-order valence-corrected chi connectivity index (χ3v) is 9.38. The quantitative estimate of drug-likeness (QED) is 0.368. The maximum atomic E-state index is 6.93. The van der Waals surface area contributed by atoms with Crippen molar-refractivity contribution < 1.29 is 13.7 Å². The summed E-state index contributed by atoms with van der Waals surface area (Å²) in [5.74, 6) is 2.85. The van der Waals surface area contributed by atoms with E-state index in [0.29, 0.717) is 17.8 Å². The summed E-state index contributed by atoms with van der Waals surface area (Å²) in [6.45, 7) is 16.2. The van der Waals surface area contributed by atoms with Gasteiger partial charge in [-0.3, -0.25) is 0 Å². The number of nitrogens with zero attached hydrogens (tertiary/aromatic N) is 1. The van der Waals surface area contributed by atoms with E-state index in [1.165, 1.54) is 29.7 Å². The van der Waals surface area contributed by atoms with E-state index in [2.05, 4.69) is 69.6 Å². The summed E-state index contributed by atoms with van der Waals surface area (Å²) in [6.07, 6.45) is 5.97. The zero-order valence-corrected chi connectivity index (χ0v) is 22.7. The van der Waals surface area contributed by atoms with Crippen molar-refractivity contribution in [2.75, 3.05) is 7.11 Å². The maximum Gasteiger partial charge on any atom is 0.242 e. The lowest BCUT2D eigenvalue weighted by molar-refractivity contribution is -0.00645. The van der Waals surface area contributed by atoms with Gasteiger partial charge in [0.2, 0.25) is 8.32 Å². The standard InChI is InChI=1S/C25H41NO3Si2/c1-25-16-22(29-31(6,7)8)24-19-12-10-18(28-30(3,4)5)15-17(19)9-11-20(24)21(25)13-14-23(25)26-27-2/h10,12,15,20-22,24H,9,11,13-14,16H2,1-8H3/b26-23-/t20-,21-,22-,24+,25-/m0/s1. The highest BCUT2D eigenvalue weighted by molar-refractivity contribution is 6.70. The fourth-order valence-electron chi connectivity index (χ4n) is 6.64. The molecule has 0 radical (unpaired) electrons. The number of hydrogen-bond acceptors (Lipinski definition) is 4. The molecule has 2 saturated carbocycles. The highest BCUT2D eigenvalue weighted by Crippen LogP contribution is 2.61. The zero-order chi connectivity index (χ0) is 22.6. The topological polar surface area (TPSA) is 40.0 Å².